The zero-order valence-electron chi connectivity index (χ0n) is 10.8. The van der Waals surface area contributed by atoms with E-state index in [0.29, 0.717) is 12.1 Å². The molecule has 0 aliphatic heterocycles. The molecule has 19 heavy (non-hydrogen) atoms. The van der Waals surface area contributed by atoms with Crippen molar-refractivity contribution in [2.24, 2.45) is 5.73 Å². The molecule has 2 aromatic rings. The predicted octanol–water partition coefficient (Wildman–Crippen LogP) is 2.03. The first-order valence-corrected chi connectivity index (χ1v) is 6.20. The average molecular weight is 255 g/mol. The number of aromatic nitrogens is 1. The molecule has 4 heteroatoms. The third-order valence-corrected chi connectivity index (χ3v) is 2.96. The van der Waals surface area contributed by atoms with Crippen LogP contribution in [-0.2, 0) is 6.54 Å². The van der Waals surface area contributed by atoms with Crippen molar-refractivity contribution in [2.45, 2.75) is 19.5 Å². The minimum Gasteiger partial charge on any atom is -0.345 e. The highest BCUT2D eigenvalue weighted by Gasteiger charge is 2.11. The molecule has 0 aliphatic rings. The second-order valence-electron chi connectivity index (χ2n) is 4.39. The fraction of sp³-hybridized carbons (Fsp3) is 0.200. The van der Waals surface area contributed by atoms with Crippen LogP contribution in [0.2, 0.25) is 0 Å². The van der Waals surface area contributed by atoms with E-state index >= 15 is 0 Å². The number of carbonyl (C=O) groups excluding carboxylic acids is 1. The Balaban J connectivity index is 2.08. The van der Waals surface area contributed by atoms with Crippen LogP contribution in [0.3, 0.4) is 0 Å². The largest absolute Gasteiger partial charge is 0.345 e. The lowest BCUT2D eigenvalue weighted by atomic mass is 10.1. The number of hydrogen-bond donors (Lipinski definition) is 2. The van der Waals surface area contributed by atoms with Crippen molar-refractivity contribution in [3.63, 3.8) is 0 Å². The molecule has 1 aromatic heterocycles. The number of pyridine rings is 1. The van der Waals surface area contributed by atoms with E-state index in [1.54, 1.807) is 18.5 Å². The number of nitrogens with zero attached hydrogens (tertiary/aromatic N) is 1. The molecule has 0 aliphatic carbocycles. The van der Waals surface area contributed by atoms with E-state index in [1.165, 1.54) is 0 Å². The molecule has 1 unspecified atom stereocenters. The molecule has 0 radical (unpaired) electrons. The number of nitrogens with two attached hydrogens (primary N) is 1. The van der Waals surface area contributed by atoms with Gasteiger partial charge in [-0.1, -0.05) is 18.2 Å². The number of carbonyl (C=O) groups is 1. The monoisotopic (exact) mass is 255 g/mol. The van der Waals surface area contributed by atoms with E-state index in [4.69, 9.17) is 5.73 Å². The van der Waals surface area contributed by atoms with Gasteiger partial charge in [0.1, 0.15) is 0 Å². The summed E-state index contributed by atoms with van der Waals surface area (Å²) in [5.41, 5.74) is 8.12. The Morgan fingerprint density at radius 3 is 2.89 bits per heavy atom. The highest BCUT2D eigenvalue weighted by Crippen LogP contribution is 2.12. The molecule has 1 amide bonds. The van der Waals surface area contributed by atoms with Gasteiger partial charge in [-0.25, -0.2) is 0 Å². The van der Waals surface area contributed by atoms with E-state index in [0.717, 1.165) is 11.1 Å². The maximum Gasteiger partial charge on any atom is 0.251 e. The summed E-state index contributed by atoms with van der Waals surface area (Å²) >= 11 is 0. The van der Waals surface area contributed by atoms with Gasteiger partial charge in [0.05, 0.1) is 6.04 Å². The van der Waals surface area contributed by atoms with Gasteiger partial charge >= 0.3 is 0 Å². The normalized spacial score (nSPS) is 11.9. The smallest absolute Gasteiger partial charge is 0.251 e. The molecule has 98 valence electrons. The first kappa shape index (κ1) is 13.2. The van der Waals surface area contributed by atoms with Crippen molar-refractivity contribution in [1.29, 1.82) is 0 Å². The van der Waals surface area contributed by atoms with Crippen molar-refractivity contribution in [2.75, 3.05) is 0 Å². The molecule has 0 bridgehead atoms. The van der Waals surface area contributed by atoms with E-state index < -0.39 is 0 Å². The first-order valence-electron chi connectivity index (χ1n) is 6.20. The van der Waals surface area contributed by atoms with Crippen molar-refractivity contribution in [1.82, 2.24) is 10.3 Å². The lowest BCUT2D eigenvalue weighted by Gasteiger charge is -2.14. The van der Waals surface area contributed by atoms with Gasteiger partial charge in [0.2, 0.25) is 0 Å². The number of rotatable bonds is 4. The molecule has 0 saturated heterocycles. The number of hydrogen-bond acceptors (Lipinski definition) is 3. The summed E-state index contributed by atoms with van der Waals surface area (Å²) in [6, 6.07) is 11.0. The van der Waals surface area contributed by atoms with E-state index in [-0.39, 0.29) is 11.9 Å². The molecule has 0 fully saturated rings. The van der Waals surface area contributed by atoms with Crippen molar-refractivity contribution < 1.29 is 4.79 Å². The zero-order chi connectivity index (χ0) is 13.7. The van der Waals surface area contributed by atoms with Crippen LogP contribution in [-0.4, -0.2) is 10.9 Å². The maximum absolute atomic E-state index is 12.1. The molecule has 4 nitrogen and oxygen atoms in total. The second kappa shape index (κ2) is 6.11. The molecule has 1 heterocycles. The lowest BCUT2D eigenvalue weighted by Crippen LogP contribution is -2.26. The van der Waals surface area contributed by atoms with Crippen LogP contribution in [0.5, 0.6) is 0 Å². The Hall–Kier alpha value is -2.20. The lowest BCUT2D eigenvalue weighted by molar-refractivity contribution is 0.0939. The van der Waals surface area contributed by atoms with Crippen LogP contribution >= 0.6 is 0 Å². The van der Waals surface area contributed by atoms with Crippen LogP contribution in [0.15, 0.2) is 48.8 Å². The van der Waals surface area contributed by atoms with Crippen molar-refractivity contribution in [3.05, 3.63) is 65.5 Å². The number of benzene rings is 1. The molecular formula is C15H17N3O. The molecule has 1 atom stereocenters. The minimum atomic E-state index is -0.105. The van der Waals surface area contributed by atoms with Crippen LogP contribution < -0.4 is 11.1 Å². The van der Waals surface area contributed by atoms with Crippen molar-refractivity contribution >= 4 is 5.91 Å². The summed E-state index contributed by atoms with van der Waals surface area (Å²) < 4.78 is 0. The fourth-order valence-electron chi connectivity index (χ4n) is 1.83. The fourth-order valence-corrected chi connectivity index (χ4v) is 1.83. The standard InChI is InChI=1S/C15H17N3O/c1-11(14-6-3-7-17-10-14)18-15(19)13-5-2-4-12(8-13)9-16/h2-8,10-11H,9,16H2,1H3,(H,18,19). The van der Waals surface area contributed by atoms with Crippen molar-refractivity contribution in [3.8, 4) is 0 Å². The van der Waals surface area contributed by atoms with Gasteiger partial charge in [0, 0.05) is 24.5 Å². The molecule has 2 rings (SSSR count). The Morgan fingerprint density at radius 1 is 1.37 bits per heavy atom. The van der Waals surface area contributed by atoms with E-state index in [2.05, 4.69) is 10.3 Å². The van der Waals surface area contributed by atoms with Gasteiger partial charge < -0.3 is 11.1 Å². The minimum absolute atomic E-state index is 0.0808. The quantitative estimate of drug-likeness (QED) is 0.878. The molecular weight excluding hydrogens is 238 g/mol. The topological polar surface area (TPSA) is 68.0 Å². The summed E-state index contributed by atoms with van der Waals surface area (Å²) in [5, 5.41) is 2.94. The first-order chi connectivity index (χ1) is 9.20. The highest BCUT2D eigenvalue weighted by atomic mass is 16.1. The second-order valence-corrected chi connectivity index (χ2v) is 4.39. The summed E-state index contributed by atoms with van der Waals surface area (Å²) in [6.45, 7) is 2.36. The Labute approximate surface area is 112 Å². The Kier molecular flexibility index (Phi) is 4.26. The predicted molar refractivity (Wildman–Crippen MR) is 74.5 cm³/mol. The highest BCUT2D eigenvalue weighted by molar-refractivity contribution is 5.94. The summed E-state index contributed by atoms with van der Waals surface area (Å²) in [4.78, 5) is 16.2. The average Bonchev–Trinajstić information content (AvgIpc) is 2.48. The molecule has 3 N–H and O–H groups in total. The van der Waals surface area contributed by atoms with E-state index in [1.807, 2.05) is 37.3 Å². The number of nitrogens with one attached hydrogen (secondary N) is 1. The van der Waals surface area contributed by atoms with Gasteiger partial charge in [-0.15, -0.1) is 0 Å². The molecule has 0 saturated carbocycles. The summed E-state index contributed by atoms with van der Waals surface area (Å²) in [7, 11) is 0. The summed E-state index contributed by atoms with van der Waals surface area (Å²) in [6.07, 6.45) is 3.46. The number of amides is 1. The molecule has 1 aromatic carbocycles. The maximum atomic E-state index is 12.1. The molecule has 0 spiro atoms. The Bertz CT molecular complexity index is 554. The van der Waals surface area contributed by atoms with Gasteiger partial charge in [0.25, 0.3) is 5.91 Å². The van der Waals surface area contributed by atoms with Crippen LogP contribution in [0.4, 0.5) is 0 Å². The SMILES string of the molecule is CC(NC(=O)c1cccc(CN)c1)c1cccnc1. The van der Waals surface area contributed by atoms with Gasteiger partial charge in [-0.3, -0.25) is 9.78 Å². The third-order valence-electron chi connectivity index (χ3n) is 2.96. The van der Waals surface area contributed by atoms with E-state index in [9.17, 15) is 4.79 Å². The van der Waals surface area contributed by atoms with Gasteiger partial charge in [0.15, 0.2) is 0 Å². The van der Waals surface area contributed by atoms with Crippen LogP contribution in [0.25, 0.3) is 0 Å². The summed E-state index contributed by atoms with van der Waals surface area (Å²) in [5.74, 6) is -0.105. The van der Waals surface area contributed by atoms with Crippen LogP contribution in [0.1, 0.15) is 34.5 Å². The van der Waals surface area contributed by atoms with Gasteiger partial charge in [-0.2, -0.15) is 0 Å². The van der Waals surface area contributed by atoms with Crippen LogP contribution in [0, 0.1) is 0 Å². The Morgan fingerprint density at radius 2 is 2.21 bits per heavy atom. The zero-order valence-corrected chi connectivity index (χ0v) is 10.8. The third kappa shape index (κ3) is 3.39. The van der Waals surface area contributed by atoms with Gasteiger partial charge in [-0.05, 0) is 36.2 Å².